The highest BCUT2D eigenvalue weighted by Gasteiger charge is 2.24. The molecule has 1 aliphatic heterocycles. The molecular formula is C9H11N3O. The molecule has 0 bridgehead atoms. The van der Waals surface area contributed by atoms with Crippen LogP contribution in [-0.4, -0.2) is 10.9 Å². The van der Waals surface area contributed by atoms with Crippen LogP contribution < -0.4 is 5.73 Å². The van der Waals surface area contributed by atoms with Crippen molar-refractivity contribution in [2.75, 3.05) is 5.73 Å². The number of nitrogens with zero attached hydrogens (tertiary/aromatic N) is 1. The minimum Gasteiger partial charge on any atom is -0.473 e. The Bertz CT molecular complexity index is 398. The number of aromatic nitrogens is 1. The molecular weight excluding hydrogens is 166 g/mol. The lowest BCUT2D eigenvalue weighted by Gasteiger charge is -2.06. The SMILES string of the molecule is Cc1nc(N)c2c(c1C)COC2=N. The van der Waals surface area contributed by atoms with Gasteiger partial charge >= 0.3 is 0 Å². The quantitative estimate of drug-likeness (QED) is 0.624. The number of hydrogen-bond donors (Lipinski definition) is 2. The van der Waals surface area contributed by atoms with Crippen molar-refractivity contribution in [2.24, 2.45) is 0 Å². The monoisotopic (exact) mass is 177 g/mol. The van der Waals surface area contributed by atoms with Gasteiger partial charge in [-0.05, 0) is 19.4 Å². The van der Waals surface area contributed by atoms with Crippen molar-refractivity contribution in [3.8, 4) is 0 Å². The molecule has 2 heterocycles. The summed E-state index contributed by atoms with van der Waals surface area (Å²) in [7, 11) is 0. The van der Waals surface area contributed by atoms with Gasteiger partial charge in [0.1, 0.15) is 12.4 Å². The Labute approximate surface area is 76.2 Å². The molecule has 0 amide bonds. The summed E-state index contributed by atoms with van der Waals surface area (Å²) in [4.78, 5) is 4.15. The molecule has 1 aromatic rings. The fraction of sp³-hybridized carbons (Fsp3) is 0.333. The van der Waals surface area contributed by atoms with Crippen LogP contribution in [0.25, 0.3) is 0 Å². The van der Waals surface area contributed by atoms with E-state index < -0.39 is 0 Å². The van der Waals surface area contributed by atoms with Gasteiger partial charge in [-0.25, -0.2) is 4.98 Å². The minimum atomic E-state index is 0.142. The summed E-state index contributed by atoms with van der Waals surface area (Å²) in [6.45, 7) is 4.34. The molecule has 68 valence electrons. The molecule has 0 aliphatic carbocycles. The smallest absolute Gasteiger partial charge is 0.217 e. The highest BCUT2D eigenvalue weighted by molar-refractivity contribution is 6.00. The average molecular weight is 177 g/mol. The predicted octanol–water partition coefficient (Wildman–Crippen LogP) is 1.14. The number of anilines is 1. The number of nitrogen functional groups attached to an aromatic ring is 1. The fourth-order valence-corrected chi connectivity index (χ4v) is 1.53. The number of fused-ring (bicyclic) bond motifs is 1. The Hall–Kier alpha value is -1.58. The second kappa shape index (κ2) is 2.45. The number of pyridine rings is 1. The molecule has 4 nitrogen and oxygen atoms in total. The van der Waals surface area contributed by atoms with Gasteiger partial charge in [-0.15, -0.1) is 0 Å². The molecule has 2 rings (SSSR count). The van der Waals surface area contributed by atoms with E-state index in [0.717, 1.165) is 16.8 Å². The molecule has 1 aliphatic rings. The van der Waals surface area contributed by atoms with Crippen LogP contribution in [0.4, 0.5) is 5.82 Å². The fourth-order valence-electron chi connectivity index (χ4n) is 1.53. The summed E-state index contributed by atoms with van der Waals surface area (Å²) >= 11 is 0. The largest absolute Gasteiger partial charge is 0.473 e. The van der Waals surface area contributed by atoms with Crippen LogP contribution >= 0.6 is 0 Å². The zero-order chi connectivity index (χ0) is 9.59. The van der Waals surface area contributed by atoms with Crippen molar-refractivity contribution < 1.29 is 4.74 Å². The molecule has 0 atom stereocenters. The standard InChI is InChI=1S/C9H11N3O/c1-4-5(2)12-8(10)7-6(4)3-13-9(7)11/h11H,3H2,1-2H3,(H2,10,12). The van der Waals surface area contributed by atoms with Crippen molar-refractivity contribution in [1.82, 2.24) is 4.98 Å². The van der Waals surface area contributed by atoms with Crippen molar-refractivity contribution in [1.29, 1.82) is 5.41 Å². The molecule has 4 heteroatoms. The first-order valence-electron chi connectivity index (χ1n) is 4.08. The van der Waals surface area contributed by atoms with E-state index >= 15 is 0 Å². The topological polar surface area (TPSA) is 72.0 Å². The maximum atomic E-state index is 7.50. The van der Waals surface area contributed by atoms with Gasteiger partial charge in [0.15, 0.2) is 0 Å². The van der Waals surface area contributed by atoms with E-state index in [9.17, 15) is 0 Å². The van der Waals surface area contributed by atoms with E-state index in [2.05, 4.69) is 4.98 Å². The molecule has 0 aromatic carbocycles. The Morgan fingerprint density at radius 1 is 1.46 bits per heavy atom. The summed E-state index contributed by atoms with van der Waals surface area (Å²) in [6, 6.07) is 0. The Morgan fingerprint density at radius 3 is 2.85 bits per heavy atom. The molecule has 0 saturated carbocycles. The molecule has 0 spiro atoms. The molecule has 0 unspecified atom stereocenters. The molecule has 0 saturated heterocycles. The summed E-state index contributed by atoms with van der Waals surface area (Å²) in [5.41, 5.74) is 9.37. The third kappa shape index (κ3) is 0.983. The second-order valence-electron chi connectivity index (χ2n) is 3.18. The molecule has 0 fully saturated rings. The van der Waals surface area contributed by atoms with Gasteiger partial charge in [0.2, 0.25) is 5.90 Å². The van der Waals surface area contributed by atoms with Crippen LogP contribution in [0.15, 0.2) is 0 Å². The Kier molecular flexibility index (Phi) is 1.52. The second-order valence-corrected chi connectivity index (χ2v) is 3.18. The van der Waals surface area contributed by atoms with E-state index in [1.54, 1.807) is 0 Å². The lowest BCUT2D eigenvalue weighted by molar-refractivity contribution is 0.309. The highest BCUT2D eigenvalue weighted by Crippen LogP contribution is 2.28. The van der Waals surface area contributed by atoms with E-state index in [1.807, 2.05) is 13.8 Å². The van der Waals surface area contributed by atoms with E-state index in [4.69, 9.17) is 15.9 Å². The first kappa shape index (κ1) is 8.04. The van der Waals surface area contributed by atoms with Crippen molar-refractivity contribution >= 4 is 11.7 Å². The van der Waals surface area contributed by atoms with Gasteiger partial charge < -0.3 is 10.5 Å². The number of hydrogen-bond acceptors (Lipinski definition) is 4. The number of nitrogens with one attached hydrogen (secondary N) is 1. The zero-order valence-electron chi connectivity index (χ0n) is 7.64. The van der Waals surface area contributed by atoms with Crippen LogP contribution in [-0.2, 0) is 11.3 Å². The molecule has 0 radical (unpaired) electrons. The number of nitrogens with two attached hydrogens (primary N) is 1. The van der Waals surface area contributed by atoms with Gasteiger partial charge in [-0.1, -0.05) is 0 Å². The predicted molar refractivity (Wildman–Crippen MR) is 49.7 cm³/mol. The molecule has 3 N–H and O–H groups in total. The molecule has 13 heavy (non-hydrogen) atoms. The van der Waals surface area contributed by atoms with Crippen molar-refractivity contribution in [3.05, 3.63) is 22.4 Å². The summed E-state index contributed by atoms with van der Waals surface area (Å²) in [5, 5.41) is 7.50. The normalized spacial score (nSPS) is 14.2. The number of aryl methyl sites for hydroxylation is 1. The third-order valence-corrected chi connectivity index (χ3v) is 2.43. The third-order valence-electron chi connectivity index (χ3n) is 2.43. The number of ether oxygens (including phenoxy) is 1. The first-order valence-corrected chi connectivity index (χ1v) is 4.08. The summed E-state index contributed by atoms with van der Waals surface area (Å²) in [6.07, 6.45) is 0. The lowest BCUT2D eigenvalue weighted by atomic mass is 10.0. The van der Waals surface area contributed by atoms with Crippen LogP contribution in [0.2, 0.25) is 0 Å². The summed E-state index contributed by atoms with van der Waals surface area (Å²) < 4.78 is 5.10. The number of rotatable bonds is 0. The van der Waals surface area contributed by atoms with E-state index in [1.165, 1.54) is 0 Å². The average Bonchev–Trinajstić information content (AvgIpc) is 2.44. The van der Waals surface area contributed by atoms with Gasteiger partial charge in [-0.3, -0.25) is 5.41 Å². The van der Waals surface area contributed by atoms with Crippen LogP contribution in [0, 0.1) is 19.3 Å². The minimum absolute atomic E-state index is 0.142. The Balaban J connectivity index is 2.76. The van der Waals surface area contributed by atoms with Gasteiger partial charge in [0.25, 0.3) is 0 Å². The maximum absolute atomic E-state index is 7.50. The van der Waals surface area contributed by atoms with Crippen LogP contribution in [0.3, 0.4) is 0 Å². The Morgan fingerprint density at radius 2 is 2.15 bits per heavy atom. The maximum Gasteiger partial charge on any atom is 0.217 e. The first-order chi connectivity index (χ1) is 6.11. The van der Waals surface area contributed by atoms with E-state index in [-0.39, 0.29) is 5.90 Å². The van der Waals surface area contributed by atoms with Gasteiger partial charge in [0.05, 0.1) is 5.56 Å². The van der Waals surface area contributed by atoms with Crippen molar-refractivity contribution in [3.63, 3.8) is 0 Å². The lowest BCUT2D eigenvalue weighted by Crippen LogP contribution is -2.05. The van der Waals surface area contributed by atoms with E-state index in [0.29, 0.717) is 18.0 Å². The zero-order valence-corrected chi connectivity index (χ0v) is 7.64. The summed E-state index contributed by atoms with van der Waals surface area (Å²) in [5.74, 6) is 0.545. The molecule has 1 aromatic heterocycles. The highest BCUT2D eigenvalue weighted by atomic mass is 16.5. The van der Waals surface area contributed by atoms with Gasteiger partial charge in [0, 0.05) is 11.3 Å². The van der Waals surface area contributed by atoms with Crippen molar-refractivity contribution in [2.45, 2.75) is 20.5 Å². The van der Waals surface area contributed by atoms with Crippen LogP contribution in [0.5, 0.6) is 0 Å². The van der Waals surface area contributed by atoms with Crippen LogP contribution in [0.1, 0.15) is 22.4 Å². The van der Waals surface area contributed by atoms with Gasteiger partial charge in [-0.2, -0.15) is 0 Å².